The molecule has 27 heavy (non-hydrogen) atoms. The number of allylic oxidation sites excluding steroid dienone is 1. The Kier molecular flexibility index (Phi) is 5.56. The Balaban J connectivity index is 2.13. The first-order valence-electron chi connectivity index (χ1n) is 8.50. The molecule has 0 bridgehead atoms. The van der Waals surface area contributed by atoms with Gasteiger partial charge < -0.3 is 0 Å². The van der Waals surface area contributed by atoms with Crippen LogP contribution in [0.15, 0.2) is 71.1 Å². The zero-order valence-corrected chi connectivity index (χ0v) is 17.1. The summed E-state index contributed by atoms with van der Waals surface area (Å²) < 4.78 is 31.7. The Morgan fingerprint density at radius 1 is 0.889 bits per heavy atom. The Hall–Kier alpha value is -2.34. The van der Waals surface area contributed by atoms with Crippen LogP contribution in [-0.2, 0) is 10.1 Å². The van der Waals surface area contributed by atoms with Crippen molar-refractivity contribution in [3.63, 3.8) is 0 Å². The third-order valence-electron chi connectivity index (χ3n) is 4.06. The van der Waals surface area contributed by atoms with Gasteiger partial charge in [0.05, 0.1) is 4.90 Å². The minimum absolute atomic E-state index is 0.103. The van der Waals surface area contributed by atoms with Gasteiger partial charge in [0.25, 0.3) is 10.1 Å². The lowest BCUT2D eigenvalue weighted by Crippen LogP contribution is -1.97. The Labute approximate surface area is 164 Å². The molecule has 0 aliphatic heterocycles. The van der Waals surface area contributed by atoms with Crippen molar-refractivity contribution in [1.82, 2.24) is 0 Å². The average molecular weight is 398 g/mol. The maximum atomic E-state index is 11.3. The highest BCUT2D eigenvalue weighted by molar-refractivity contribution is 7.85. The summed E-state index contributed by atoms with van der Waals surface area (Å²) in [6, 6.07) is 18.9. The van der Waals surface area contributed by atoms with E-state index in [0.717, 1.165) is 26.4 Å². The van der Waals surface area contributed by atoms with E-state index < -0.39 is 10.1 Å². The third kappa shape index (κ3) is 4.89. The topological polar surface area (TPSA) is 54.4 Å². The van der Waals surface area contributed by atoms with Gasteiger partial charge in [0, 0.05) is 23.8 Å². The molecule has 0 saturated carbocycles. The van der Waals surface area contributed by atoms with Crippen LogP contribution in [0.3, 0.4) is 0 Å². The molecule has 0 fully saturated rings. The van der Waals surface area contributed by atoms with Gasteiger partial charge in [0.1, 0.15) is 0 Å². The fraction of sp³-hybridized carbons (Fsp3) is 0.136. The van der Waals surface area contributed by atoms with Gasteiger partial charge in [-0.15, -0.1) is 0 Å². The van der Waals surface area contributed by atoms with Crippen molar-refractivity contribution in [3.05, 3.63) is 76.7 Å². The Morgan fingerprint density at radius 3 is 2.04 bits per heavy atom. The van der Waals surface area contributed by atoms with Crippen molar-refractivity contribution >= 4 is 27.5 Å². The SMILES string of the molecule is CC(C)=Cc1cc(-c2ccc(S(=O)(=O)O)cc2)cc(-c2ccc(C)cc2)[s+]1. The predicted octanol–water partition coefficient (Wildman–Crippen LogP) is 6.34. The molecule has 0 aliphatic carbocycles. The van der Waals surface area contributed by atoms with Gasteiger partial charge in [-0.25, -0.2) is 0 Å². The summed E-state index contributed by atoms with van der Waals surface area (Å²) in [5.41, 5.74) is 5.46. The summed E-state index contributed by atoms with van der Waals surface area (Å²) in [7, 11) is -4.19. The first-order chi connectivity index (χ1) is 12.7. The smallest absolute Gasteiger partial charge is 0.282 e. The van der Waals surface area contributed by atoms with E-state index in [-0.39, 0.29) is 4.90 Å². The zero-order chi connectivity index (χ0) is 19.6. The van der Waals surface area contributed by atoms with Crippen LogP contribution in [-0.4, -0.2) is 13.0 Å². The Morgan fingerprint density at radius 2 is 1.48 bits per heavy atom. The quantitative estimate of drug-likeness (QED) is 0.413. The van der Waals surface area contributed by atoms with Crippen molar-refractivity contribution in [2.45, 2.75) is 25.7 Å². The number of hydrogen-bond donors (Lipinski definition) is 1. The van der Waals surface area contributed by atoms with E-state index in [4.69, 9.17) is 0 Å². The van der Waals surface area contributed by atoms with Crippen molar-refractivity contribution < 1.29 is 13.0 Å². The second-order valence-corrected chi connectivity index (χ2v) is 9.24. The van der Waals surface area contributed by atoms with Gasteiger partial charge >= 0.3 is 0 Å². The lowest BCUT2D eigenvalue weighted by molar-refractivity contribution is 0.483. The summed E-state index contributed by atoms with van der Waals surface area (Å²) in [4.78, 5) is 2.16. The van der Waals surface area contributed by atoms with Gasteiger partial charge in [-0.05, 0) is 56.2 Å². The van der Waals surface area contributed by atoms with Gasteiger partial charge in [0.15, 0.2) is 0 Å². The van der Waals surface area contributed by atoms with Crippen LogP contribution in [0.5, 0.6) is 0 Å². The second kappa shape index (κ2) is 7.72. The van der Waals surface area contributed by atoms with Crippen LogP contribution < -0.4 is 0 Å². The molecule has 3 aromatic rings. The highest BCUT2D eigenvalue weighted by atomic mass is 32.2. The zero-order valence-electron chi connectivity index (χ0n) is 15.4. The normalized spacial score (nSPS) is 11.3. The van der Waals surface area contributed by atoms with E-state index in [0.29, 0.717) is 0 Å². The molecular formula is C22H21O3S2+. The minimum atomic E-state index is -4.19. The summed E-state index contributed by atoms with van der Waals surface area (Å²) in [5.74, 6) is 0. The van der Waals surface area contributed by atoms with Gasteiger partial charge in [-0.2, -0.15) is 8.42 Å². The van der Waals surface area contributed by atoms with E-state index in [1.807, 2.05) is 0 Å². The molecule has 0 atom stereocenters. The number of aryl methyl sites for hydroxylation is 1. The highest BCUT2D eigenvalue weighted by Crippen LogP contribution is 2.34. The van der Waals surface area contributed by atoms with Gasteiger partial charge in [0.2, 0.25) is 21.1 Å². The second-order valence-electron chi connectivity index (χ2n) is 6.70. The van der Waals surface area contributed by atoms with Crippen LogP contribution in [0.1, 0.15) is 24.3 Å². The summed E-state index contributed by atoms with van der Waals surface area (Å²) >= 11 is 1.71. The molecule has 1 heterocycles. The Bertz CT molecular complexity index is 1090. The van der Waals surface area contributed by atoms with Crippen LogP contribution in [0, 0.1) is 6.92 Å². The first kappa shape index (κ1) is 19.4. The van der Waals surface area contributed by atoms with Crippen LogP contribution in [0.2, 0.25) is 0 Å². The summed E-state index contributed by atoms with van der Waals surface area (Å²) in [6.07, 6.45) is 2.14. The number of hydrogen-bond acceptors (Lipinski definition) is 2. The summed E-state index contributed by atoms with van der Waals surface area (Å²) in [6.45, 7) is 6.19. The summed E-state index contributed by atoms with van der Waals surface area (Å²) in [5, 5.41) is 0. The first-order valence-corrected chi connectivity index (χ1v) is 10.8. The standard InChI is InChI=1S/C22H20O3S2/c1-15(2)12-20-13-19(17-8-10-21(11-9-17)27(23,24)25)14-22(26-20)18-6-4-16(3)5-7-18/h4-14H,1-3H3/p+1. The third-order valence-corrected chi connectivity index (χ3v) is 5.98. The van der Waals surface area contributed by atoms with E-state index >= 15 is 0 Å². The highest BCUT2D eigenvalue weighted by Gasteiger charge is 2.17. The molecule has 5 heteroatoms. The maximum Gasteiger partial charge on any atom is 0.294 e. The van der Waals surface area contributed by atoms with E-state index in [9.17, 15) is 13.0 Å². The molecule has 0 radical (unpaired) electrons. The molecule has 1 aromatic heterocycles. The molecule has 0 spiro atoms. The maximum absolute atomic E-state index is 11.3. The van der Waals surface area contributed by atoms with Crippen LogP contribution in [0.25, 0.3) is 27.6 Å². The lowest BCUT2D eigenvalue weighted by Gasteiger charge is -2.04. The van der Waals surface area contributed by atoms with Crippen LogP contribution >= 0.6 is 11.3 Å². The molecule has 2 aromatic carbocycles. The number of rotatable bonds is 4. The fourth-order valence-corrected chi connectivity index (χ4v) is 4.38. The fourth-order valence-electron chi connectivity index (χ4n) is 2.72. The van der Waals surface area contributed by atoms with Crippen molar-refractivity contribution in [2.75, 3.05) is 0 Å². The minimum Gasteiger partial charge on any atom is -0.282 e. The molecule has 0 saturated heterocycles. The van der Waals surface area contributed by atoms with Gasteiger partial charge in [-0.3, -0.25) is 4.55 Å². The molecule has 0 aliphatic rings. The molecule has 0 amide bonds. The number of benzene rings is 2. The molecule has 3 nitrogen and oxygen atoms in total. The van der Waals surface area contributed by atoms with E-state index in [2.05, 4.69) is 63.2 Å². The molecular weight excluding hydrogens is 376 g/mol. The molecule has 0 unspecified atom stereocenters. The molecule has 1 N–H and O–H groups in total. The predicted molar refractivity (Wildman–Crippen MR) is 113 cm³/mol. The van der Waals surface area contributed by atoms with E-state index in [1.54, 1.807) is 23.5 Å². The molecule has 3 rings (SSSR count). The van der Waals surface area contributed by atoms with Crippen molar-refractivity contribution in [3.8, 4) is 21.6 Å². The average Bonchev–Trinajstić information content (AvgIpc) is 2.61. The van der Waals surface area contributed by atoms with Crippen molar-refractivity contribution in [2.24, 2.45) is 0 Å². The van der Waals surface area contributed by atoms with Crippen molar-refractivity contribution in [1.29, 1.82) is 0 Å². The van der Waals surface area contributed by atoms with Crippen LogP contribution in [0.4, 0.5) is 0 Å². The molecule has 138 valence electrons. The monoisotopic (exact) mass is 397 g/mol. The largest absolute Gasteiger partial charge is 0.294 e. The van der Waals surface area contributed by atoms with E-state index in [1.165, 1.54) is 23.3 Å². The lowest BCUT2D eigenvalue weighted by atomic mass is 10.0. The van der Waals surface area contributed by atoms with Gasteiger partial charge in [-0.1, -0.05) is 35.4 Å².